The second-order valence-electron chi connectivity index (χ2n) is 19.1. The van der Waals surface area contributed by atoms with Gasteiger partial charge in [0.25, 0.3) is 0 Å². The third-order valence-electron chi connectivity index (χ3n) is 14.2. The Balaban J connectivity index is 0.919. The minimum absolute atomic E-state index is 0.0145. The molecular weight excluding hydrogens is 748 g/mol. The molecule has 58 heavy (non-hydrogen) atoms. The molecule has 17 atom stereocenters. The summed E-state index contributed by atoms with van der Waals surface area (Å²) in [6.07, 6.45) is 9.94. The molecule has 7 heterocycles. The number of carbonyl (C=O) groups excluding carboxylic acids is 1. The Morgan fingerprint density at radius 3 is 2.52 bits per heavy atom. The van der Waals surface area contributed by atoms with Gasteiger partial charge in [-0.25, -0.2) is 4.79 Å². The van der Waals surface area contributed by atoms with Gasteiger partial charge in [-0.1, -0.05) is 45.1 Å². The molecule has 7 aliphatic rings. The maximum absolute atomic E-state index is 12.2. The fourth-order valence-corrected chi connectivity index (χ4v) is 10.8. The summed E-state index contributed by atoms with van der Waals surface area (Å²) < 4.78 is 50.2. The fourth-order valence-electron chi connectivity index (χ4n) is 10.8. The Morgan fingerprint density at radius 2 is 1.78 bits per heavy atom. The molecule has 6 fully saturated rings. The summed E-state index contributed by atoms with van der Waals surface area (Å²) >= 11 is 0. The van der Waals surface area contributed by atoms with Crippen molar-refractivity contribution < 1.29 is 63.1 Å². The number of hydrogen-bond donors (Lipinski definition) is 4. The lowest BCUT2D eigenvalue weighted by molar-refractivity contribution is -0.321. The number of aliphatic hydroxyl groups is 4. The number of esters is 1. The van der Waals surface area contributed by atoms with E-state index in [2.05, 4.69) is 33.4 Å². The van der Waals surface area contributed by atoms with E-state index in [1.807, 2.05) is 19.1 Å². The van der Waals surface area contributed by atoms with Crippen molar-refractivity contribution in [2.75, 3.05) is 13.7 Å². The van der Waals surface area contributed by atoms with Gasteiger partial charge in [0.05, 0.1) is 50.3 Å². The lowest BCUT2D eigenvalue weighted by Crippen LogP contribution is -2.60. The first-order valence-electron chi connectivity index (χ1n) is 22.1. The minimum atomic E-state index is -1.73. The lowest BCUT2D eigenvalue weighted by Gasteiger charge is -2.50. The van der Waals surface area contributed by atoms with Crippen LogP contribution < -0.4 is 0 Å². The van der Waals surface area contributed by atoms with Crippen LogP contribution in [0, 0.1) is 17.8 Å². The monoisotopic (exact) mass is 818 g/mol. The molecule has 3 spiro atoms. The lowest BCUT2D eigenvalue weighted by atomic mass is 9.79. The molecule has 13 nitrogen and oxygen atoms in total. The van der Waals surface area contributed by atoms with E-state index in [9.17, 15) is 25.2 Å². The highest BCUT2D eigenvalue weighted by atomic mass is 16.7. The zero-order chi connectivity index (χ0) is 41.6. The highest BCUT2D eigenvalue weighted by molar-refractivity contribution is 5.78. The van der Waals surface area contributed by atoms with E-state index < -0.39 is 71.7 Å². The number of aliphatic hydroxyl groups excluding tert-OH is 3. The summed E-state index contributed by atoms with van der Waals surface area (Å²) in [5, 5.41) is 45.0. The van der Waals surface area contributed by atoms with Crippen LogP contribution in [0.2, 0.25) is 0 Å². The predicted molar refractivity (Wildman–Crippen MR) is 212 cm³/mol. The Hall–Kier alpha value is -1.75. The van der Waals surface area contributed by atoms with E-state index in [1.54, 1.807) is 0 Å². The second-order valence-corrected chi connectivity index (χ2v) is 19.1. The van der Waals surface area contributed by atoms with Gasteiger partial charge in [-0.15, -0.1) is 0 Å². The van der Waals surface area contributed by atoms with Crippen LogP contribution in [0.4, 0.5) is 0 Å². The van der Waals surface area contributed by atoms with E-state index in [4.69, 9.17) is 37.9 Å². The Labute approximate surface area is 344 Å². The second kappa shape index (κ2) is 17.6. The largest absolute Gasteiger partial charge is 0.467 e. The van der Waals surface area contributed by atoms with E-state index in [-0.39, 0.29) is 36.6 Å². The Morgan fingerprint density at radius 1 is 1.02 bits per heavy atom. The van der Waals surface area contributed by atoms with Crippen molar-refractivity contribution in [3.8, 4) is 0 Å². The molecule has 328 valence electrons. The highest BCUT2D eigenvalue weighted by Crippen LogP contribution is 2.47. The van der Waals surface area contributed by atoms with E-state index in [0.29, 0.717) is 56.4 Å². The van der Waals surface area contributed by atoms with Gasteiger partial charge in [-0.2, -0.15) is 0 Å². The van der Waals surface area contributed by atoms with Crippen LogP contribution in [-0.4, -0.2) is 124 Å². The predicted octanol–water partition coefficient (Wildman–Crippen LogP) is 5.30. The smallest absolute Gasteiger partial charge is 0.337 e. The Bertz CT molecular complexity index is 1520. The minimum Gasteiger partial charge on any atom is -0.467 e. The molecule has 6 saturated heterocycles. The van der Waals surface area contributed by atoms with Crippen molar-refractivity contribution in [1.82, 2.24) is 0 Å². The number of carbonyl (C=O) groups is 1. The summed E-state index contributed by atoms with van der Waals surface area (Å²) in [5.41, 5.74) is -0.287. The fraction of sp³-hybridized carbons (Fsp3) is 0.844. The quantitative estimate of drug-likeness (QED) is 0.166. The number of hydrogen-bond acceptors (Lipinski definition) is 13. The molecule has 0 bridgehead atoms. The van der Waals surface area contributed by atoms with Crippen LogP contribution in [0.3, 0.4) is 0 Å². The van der Waals surface area contributed by atoms with Gasteiger partial charge < -0.3 is 58.3 Å². The summed E-state index contributed by atoms with van der Waals surface area (Å²) in [7, 11) is 1.24. The summed E-state index contributed by atoms with van der Waals surface area (Å²) in [5.74, 6) is -3.15. The molecule has 0 radical (unpaired) electrons. The zero-order valence-electron chi connectivity index (χ0n) is 35.5. The van der Waals surface area contributed by atoms with Crippen molar-refractivity contribution in [2.24, 2.45) is 17.8 Å². The molecule has 7 rings (SSSR count). The molecule has 13 heteroatoms. The van der Waals surface area contributed by atoms with Crippen LogP contribution in [0.15, 0.2) is 36.0 Å². The van der Waals surface area contributed by atoms with E-state index >= 15 is 0 Å². The van der Waals surface area contributed by atoms with Crippen LogP contribution in [-0.2, 0) is 42.7 Å². The molecule has 4 N–H and O–H groups in total. The average Bonchev–Trinajstić information content (AvgIpc) is 3.59. The number of methoxy groups -OCH3 is 1. The van der Waals surface area contributed by atoms with Crippen molar-refractivity contribution in [2.45, 2.75) is 209 Å². The summed E-state index contributed by atoms with van der Waals surface area (Å²) in [6, 6.07) is 0. The molecule has 0 amide bonds. The van der Waals surface area contributed by atoms with Gasteiger partial charge >= 0.3 is 5.97 Å². The normalized spacial score (nSPS) is 44.8. The SMILES string of the molecule is C=C1C(O)C2OC3(CCC(/C=C/C(C)C4CC(C)=CC5(OC(CC(C)(O)C(=O)OC)CCC5O)O4)O3)CCC2OC1C(O)CC(C)C1OC2(CCCCO2)CCC1C. The van der Waals surface area contributed by atoms with Crippen molar-refractivity contribution >= 4 is 5.97 Å². The molecule has 0 aromatic heterocycles. The van der Waals surface area contributed by atoms with Crippen molar-refractivity contribution in [1.29, 1.82) is 0 Å². The molecular formula is C45H70O13. The number of ether oxygens (including phenoxy) is 8. The van der Waals surface area contributed by atoms with Crippen molar-refractivity contribution in [3.05, 3.63) is 36.0 Å². The number of fused-ring (bicyclic) bond motifs is 1. The first-order chi connectivity index (χ1) is 27.5. The molecule has 0 saturated carbocycles. The van der Waals surface area contributed by atoms with Crippen LogP contribution >= 0.6 is 0 Å². The van der Waals surface area contributed by atoms with Crippen LogP contribution in [0.5, 0.6) is 0 Å². The average molecular weight is 819 g/mol. The van der Waals surface area contributed by atoms with Gasteiger partial charge in [-0.3, -0.25) is 0 Å². The van der Waals surface area contributed by atoms with Gasteiger partial charge in [0.2, 0.25) is 5.79 Å². The third-order valence-corrected chi connectivity index (χ3v) is 14.2. The van der Waals surface area contributed by atoms with E-state index in [0.717, 1.165) is 50.7 Å². The maximum atomic E-state index is 12.2. The summed E-state index contributed by atoms with van der Waals surface area (Å²) in [4.78, 5) is 12.2. The summed E-state index contributed by atoms with van der Waals surface area (Å²) in [6.45, 7) is 14.7. The van der Waals surface area contributed by atoms with Gasteiger partial charge in [0.1, 0.15) is 24.4 Å². The Kier molecular flexibility index (Phi) is 13.4. The molecule has 0 aromatic rings. The first-order valence-corrected chi connectivity index (χ1v) is 22.1. The highest BCUT2D eigenvalue weighted by Gasteiger charge is 2.55. The third kappa shape index (κ3) is 9.21. The topological polar surface area (TPSA) is 172 Å². The maximum Gasteiger partial charge on any atom is 0.337 e. The molecule has 7 aliphatic heterocycles. The number of rotatable bonds is 10. The molecule has 0 aromatic carbocycles. The molecule has 0 aliphatic carbocycles. The van der Waals surface area contributed by atoms with Crippen LogP contribution in [0.25, 0.3) is 0 Å². The van der Waals surface area contributed by atoms with Gasteiger partial charge in [0.15, 0.2) is 17.2 Å². The first kappa shape index (κ1) is 44.3. The standard InChI is InChI=1S/C45H70O13/c1-26-22-35(56-45(24-26)36(47)13-12-32(55-45)25-42(6,50)41(49)51-7)27(2)10-11-31-15-19-44(54-31)20-16-34-40(58-44)37(48)30(5)39(53-34)33(46)23-29(4)38-28(3)14-18-43(57-38)17-8-9-21-52-43/h10-11,24,27-29,31-40,46-48,50H,5,8-9,12-23,25H2,1-4,6-7H3/b11-10+. The van der Waals surface area contributed by atoms with Gasteiger partial charge in [0, 0.05) is 38.0 Å². The van der Waals surface area contributed by atoms with E-state index in [1.165, 1.54) is 14.0 Å². The zero-order valence-corrected chi connectivity index (χ0v) is 35.5. The van der Waals surface area contributed by atoms with Crippen LogP contribution in [0.1, 0.15) is 125 Å². The van der Waals surface area contributed by atoms with Crippen molar-refractivity contribution in [3.63, 3.8) is 0 Å². The molecule has 17 unspecified atom stereocenters. The van der Waals surface area contributed by atoms with Gasteiger partial charge in [-0.05, 0) is 95.1 Å².